The summed E-state index contributed by atoms with van der Waals surface area (Å²) in [5.74, 6) is 1.48. The molecule has 0 saturated carbocycles. The number of benzene rings is 2. The number of hydrogen-bond donors (Lipinski definition) is 1. The summed E-state index contributed by atoms with van der Waals surface area (Å²) in [5.41, 5.74) is 1.98. The molecular formula is C19H21NO3. The SMILES string of the molecule is CC[C@H](C)c1ccccc1NC(=O)[C@H]1COc2ccccc2O1. The molecule has 23 heavy (non-hydrogen) atoms. The fourth-order valence-corrected chi connectivity index (χ4v) is 2.62. The van der Waals surface area contributed by atoms with Crippen molar-refractivity contribution in [3.63, 3.8) is 0 Å². The maximum atomic E-state index is 12.5. The van der Waals surface area contributed by atoms with E-state index in [4.69, 9.17) is 9.47 Å². The molecule has 0 fully saturated rings. The number of carbonyl (C=O) groups is 1. The highest BCUT2D eigenvalue weighted by Gasteiger charge is 2.27. The van der Waals surface area contributed by atoms with Crippen molar-refractivity contribution in [1.82, 2.24) is 0 Å². The van der Waals surface area contributed by atoms with Gasteiger partial charge in [0.15, 0.2) is 11.5 Å². The molecule has 2 atom stereocenters. The molecule has 0 spiro atoms. The van der Waals surface area contributed by atoms with Gasteiger partial charge in [0, 0.05) is 5.69 Å². The van der Waals surface area contributed by atoms with E-state index in [1.54, 1.807) is 0 Å². The van der Waals surface area contributed by atoms with Gasteiger partial charge in [-0.05, 0) is 36.1 Å². The van der Waals surface area contributed by atoms with E-state index in [-0.39, 0.29) is 12.5 Å². The van der Waals surface area contributed by atoms with Crippen LogP contribution in [0, 0.1) is 0 Å². The van der Waals surface area contributed by atoms with Gasteiger partial charge in [-0.15, -0.1) is 0 Å². The van der Waals surface area contributed by atoms with Crippen LogP contribution in [0.4, 0.5) is 5.69 Å². The minimum absolute atomic E-state index is 0.185. The molecule has 2 aromatic rings. The lowest BCUT2D eigenvalue weighted by Crippen LogP contribution is -2.40. The van der Waals surface area contributed by atoms with Gasteiger partial charge in [-0.3, -0.25) is 4.79 Å². The molecule has 3 rings (SSSR count). The van der Waals surface area contributed by atoms with Gasteiger partial charge in [-0.25, -0.2) is 0 Å². The van der Waals surface area contributed by atoms with E-state index in [9.17, 15) is 4.79 Å². The van der Waals surface area contributed by atoms with Gasteiger partial charge < -0.3 is 14.8 Å². The summed E-state index contributed by atoms with van der Waals surface area (Å²) in [7, 11) is 0. The normalized spacial score (nSPS) is 17.4. The zero-order chi connectivity index (χ0) is 16.2. The fraction of sp³-hybridized carbons (Fsp3) is 0.316. The quantitative estimate of drug-likeness (QED) is 0.929. The lowest BCUT2D eigenvalue weighted by Gasteiger charge is -2.26. The van der Waals surface area contributed by atoms with E-state index in [2.05, 4.69) is 25.2 Å². The molecule has 2 aromatic carbocycles. The number of para-hydroxylation sites is 3. The number of ether oxygens (including phenoxy) is 2. The van der Waals surface area contributed by atoms with Crippen LogP contribution in [0.5, 0.6) is 11.5 Å². The molecule has 120 valence electrons. The molecule has 1 amide bonds. The zero-order valence-electron chi connectivity index (χ0n) is 13.4. The molecule has 0 aliphatic carbocycles. The Balaban J connectivity index is 1.74. The van der Waals surface area contributed by atoms with Crippen molar-refractivity contribution in [2.45, 2.75) is 32.3 Å². The first-order valence-corrected chi connectivity index (χ1v) is 7.97. The summed E-state index contributed by atoms with van der Waals surface area (Å²) in [6.07, 6.45) is 0.374. The van der Waals surface area contributed by atoms with E-state index in [0.717, 1.165) is 17.7 Å². The van der Waals surface area contributed by atoms with Crippen molar-refractivity contribution in [2.75, 3.05) is 11.9 Å². The van der Waals surface area contributed by atoms with Crippen molar-refractivity contribution < 1.29 is 14.3 Å². The molecule has 0 radical (unpaired) electrons. The summed E-state index contributed by atoms with van der Waals surface area (Å²) in [6.45, 7) is 4.51. The monoisotopic (exact) mass is 311 g/mol. The predicted octanol–water partition coefficient (Wildman–Crippen LogP) is 3.98. The number of amides is 1. The molecule has 1 aliphatic rings. The Labute approximate surface area is 136 Å². The predicted molar refractivity (Wildman–Crippen MR) is 90.1 cm³/mol. The highest BCUT2D eigenvalue weighted by atomic mass is 16.6. The maximum absolute atomic E-state index is 12.5. The van der Waals surface area contributed by atoms with Crippen molar-refractivity contribution >= 4 is 11.6 Å². The summed E-state index contributed by atoms with van der Waals surface area (Å²) in [5, 5.41) is 2.98. The molecule has 0 unspecified atom stereocenters. The third-order valence-corrected chi connectivity index (χ3v) is 4.16. The van der Waals surface area contributed by atoms with E-state index in [1.165, 1.54) is 0 Å². The Morgan fingerprint density at radius 2 is 1.87 bits per heavy atom. The topological polar surface area (TPSA) is 47.6 Å². The van der Waals surface area contributed by atoms with Gasteiger partial charge in [0.25, 0.3) is 5.91 Å². The molecule has 0 saturated heterocycles. The van der Waals surface area contributed by atoms with E-state index < -0.39 is 6.10 Å². The Hall–Kier alpha value is -2.49. The average Bonchev–Trinajstić information content (AvgIpc) is 2.61. The Morgan fingerprint density at radius 3 is 2.65 bits per heavy atom. The van der Waals surface area contributed by atoms with E-state index in [0.29, 0.717) is 17.4 Å². The Morgan fingerprint density at radius 1 is 1.17 bits per heavy atom. The van der Waals surface area contributed by atoms with Crippen molar-refractivity contribution in [3.05, 3.63) is 54.1 Å². The first kappa shape index (κ1) is 15.4. The molecule has 4 heteroatoms. The largest absolute Gasteiger partial charge is 0.485 e. The van der Waals surface area contributed by atoms with Gasteiger partial charge >= 0.3 is 0 Å². The number of hydrogen-bond acceptors (Lipinski definition) is 3. The van der Waals surface area contributed by atoms with Gasteiger partial charge in [0.2, 0.25) is 6.10 Å². The third kappa shape index (κ3) is 3.31. The van der Waals surface area contributed by atoms with Gasteiger partial charge in [0.05, 0.1) is 0 Å². The van der Waals surface area contributed by atoms with Gasteiger partial charge in [-0.2, -0.15) is 0 Å². The van der Waals surface area contributed by atoms with Crippen LogP contribution in [-0.4, -0.2) is 18.6 Å². The molecule has 1 heterocycles. The standard InChI is InChI=1S/C19H21NO3/c1-3-13(2)14-8-4-5-9-15(14)20-19(21)18-12-22-16-10-6-7-11-17(16)23-18/h4-11,13,18H,3,12H2,1-2H3,(H,20,21)/t13-,18+/m0/s1. The van der Waals surface area contributed by atoms with Crippen LogP contribution in [0.15, 0.2) is 48.5 Å². The highest BCUT2D eigenvalue weighted by Crippen LogP contribution is 2.32. The van der Waals surface area contributed by atoms with Crippen LogP contribution >= 0.6 is 0 Å². The molecule has 1 N–H and O–H groups in total. The Bertz CT molecular complexity index is 699. The molecule has 0 aromatic heterocycles. The lowest BCUT2D eigenvalue weighted by molar-refractivity contribution is -0.125. The lowest BCUT2D eigenvalue weighted by atomic mass is 9.97. The minimum atomic E-state index is -0.644. The van der Waals surface area contributed by atoms with Crippen molar-refractivity contribution in [3.8, 4) is 11.5 Å². The summed E-state index contributed by atoms with van der Waals surface area (Å²) in [6, 6.07) is 15.3. The first-order valence-electron chi connectivity index (χ1n) is 7.97. The van der Waals surface area contributed by atoms with Gasteiger partial charge in [0.1, 0.15) is 6.61 Å². The second kappa shape index (κ2) is 6.73. The summed E-state index contributed by atoms with van der Waals surface area (Å²) >= 11 is 0. The first-order chi connectivity index (χ1) is 11.2. The highest BCUT2D eigenvalue weighted by molar-refractivity contribution is 5.95. The van der Waals surface area contributed by atoms with E-state index >= 15 is 0 Å². The maximum Gasteiger partial charge on any atom is 0.269 e. The van der Waals surface area contributed by atoms with Gasteiger partial charge in [-0.1, -0.05) is 44.2 Å². The minimum Gasteiger partial charge on any atom is -0.485 e. The molecule has 4 nitrogen and oxygen atoms in total. The van der Waals surface area contributed by atoms with Crippen LogP contribution in [0.3, 0.4) is 0 Å². The third-order valence-electron chi connectivity index (χ3n) is 4.16. The number of carbonyl (C=O) groups excluding carboxylic acids is 1. The van der Waals surface area contributed by atoms with Crippen LogP contribution in [0.25, 0.3) is 0 Å². The number of anilines is 1. The van der Waals surface area contributed by atoms with E-state index in [1.807, 2.05) is 42.5 Å². The van der Waals surface area contributed by atoms with Crippen LogP contribution < -0.4 is 14.8 Å². The molecular weight excluding hydrogens is 290 g/mol. The zero-order valence-corrected chi connectivity index (χ0v) is 13.4. The van der Waals surface area contributed by atoms with Crippen LogP contribution in [0.2, 0.25) is 0 Å². The number of nitrogens with one attached hydrogen (secondary N) is 1. The molecule has 1 aliphatic heterocycles. The smallest absolute Gasteiger partial charge is 0.269 e. The number of rotatable bonds is 4. The van der Waals surface area contributed by atoms with Crippen molar-refractivity contribution in [1.29, 1.82) is 0 Å². The second-order valence-corrected chi connectivity index (χ2v) is 5.75. The van der Waals surface area contributed by atoms with Crippen molar-refractivity contribution in [2.24, 2.45) is 0 Å². The summed E-state index contributed by atoms with van der Waals surface area (Å²) in [4.78, 5) is 12.5. The summed E-state index contributed by atoms with van der Waals surface area (Å²) < 4.78 is 11.4. The average molecular weight is 311 g/mol. The Kier molecular flexibility index (Phi) is 4.51. The molecule has 0 bridgehead atoms. The number of fused-ring (bicyclic) bond motifs is 1. The van der Waals surface area contributed by atoms with Crippen LogP contribution in [-0.2, 0) is 4.79 Å². The fourth-order valence-electron chi connectivity index (χ4n) is 2.62. The van der Waals surface area contributed by atoms with Crippen LogP contribution in [0.1, 0.15) is 31.7 Å². The second-order valence-electron chi connectivity index (χ2n) is 5.75.